The van der Waals surface area contributed by atoms with E-state index in [-0.39, 0.29) is 5.78 Å². The number of carbonyl (C=O) groups is 1. The third-order valence-corrected chi connectivity index (χ3v) is 2.60. The van der Waals surface area contributed by atoms with Gasteiger partial charge in [0.05, 0.1) is 0 Å². The summed E-state index contributed by atoms with van der Waals surface area (Å²) in [5.41, 5.74) is 1.87. The quantitative estimate of drug-likeness (QED) is 0.793. The smallest absolute Gasteiger partial charge is 0.212 e. The van der Waals surface area contributed by atoms with Crippen LogP contribution in [0.5, 0.6) is 0 Å². The molecule has 2 aromatic rings. The Labute approximate surface area is 102 Å². The van der Waals surface area contributed by atoms with E-state index in [1.165, 1.54) is 0 Å². The van der Waals surface area contributed by atoms with Crippen LogP contribution in [0.4, 0.5) is 0 Å². The zero-order valence-corrected chi connectivity index (χ0v) is 10.2. The Hall–Kier alpha value is -1.55. The average Bonchev–Trinajstić information content (AvgIpc) is 2.30. The van der Waals surface area contributed by atoms with Crippen molar-refractivity contribution in [3.05, 3.63) is 58.1 Å². The molecule has 0 atom stereocenters. The first-order valence-electron chi connectivity index (χ1n) is 4.76. The number of hydrogen-bond donors (Lipinski definition) is 0. The molecule has 0 N–H and O–H groups in total. The Morgan fingerprint density at radius 3 is 2.50 bits per heavy atom. The molecule has 0 radical (unpaired) electrons. The first-order valence-corrected chi connectivity index (χ1v) is 5.55. The Morgan fingerprint density at radius 1 is 1.12 bits per heavy atom. The minimum Gasteiger partial charge on any atom is -0.287 e. The first-order chi connectivity index (χ1) is 7.66. The van der Waals surface area contributed by atoms with Crippen LogP contribution in [0.3, 0.4) is 0 Å². The number of rotatable bonds is 2. The SMILES string of the molecule is Cc1ccc(C(=O)c2ccc(Br)cn2)cn1. The van der Waals surface area contributed by atoms with Gasteiger partial charge in [-0.25, -0.2) is 0 Å². The fraction of sp³-hybridized carbons (Fsp3) is 0.0833. The van der Waals surface area contributed by atoms with Crippen LogP contribution in [0.25, 0.3) is 0 Å². The fourth-order valence-electron chi connectivity index (χ4n) is 1.26. The van der Waals surface area contributed by atoms with Crippen LogP contribution < -0.4 is 0 Å². The lowest BCUT2D eigenvalue weighted by molar-refractivity contribution is 0.103. The summed E-state index contributed by atoms with van der Waals surface area (Å²) >= 11 is 3.27. The van der Waals surface area contributed by atoms with Crippen molar-refractivity contribution < 1.29 is 4.79 Å². The molecule has 0 fully saturated rings. The third-order valence-electron chi connectivity index (χ3n) is 2.13. The van der Waals surface area contributed by atoms with Gasteiger partial charge in [0.25, 0.3) is 0 Å². The van der Waals surface area contributed by atoms with Crippen molar-refractivity contribution in [3.63, 3.8) is 0 Å². The number of ketones is 1. The van der Waals surface area contributed by atoms with Crippen LogP contribution in [0.2, 0.25) is 0 Å². The highest BCUT2D eigenvalue weighted by Crippen LogP contribution is 2.11. The molecule has 0 spiro atoms. The molecule has 0 saturated carbocycles. The van der Waals surface area contributed by atoms with E-state index in [4.69, 9.17) is 0 Å². The van der Waals surface area contributed by atoms with Crippen molar-refractivity contribution in [2.75, 3.05) is 0 Å². The van der Waals surface area contributed by atoms with E-state index in [9.17, 15) is 4.79 Å². The predicted molar refractivity (Wildman–Crippen MR) is 64.3 cm³/mol. The zero-order chi connectivity index (χ0) is 11.5. The number of aryl methyl sites for hydroxylation is 1. The number of halogens is 1. The molecule has 3 nitrogen and oxygen atoms in total. The normalized spacial score (nSPS) is 10.1. The molecular formula is C12H9BrN2O. The second kappa shape index (κ2) is 4.53. The van der Waals surface area contributed by atoms with E-state index in [0.717, 1.165) is 10.2 Å². The Kier molecular flexibility index (Phi) is 3.10. The summed E-state index contributed by atoms with van der Waals surface area (Å²) in [4.78, 5) is 20.1. The van der Waals surface area contributed by atoms with Gasteiger partial charge in [-0.05, 0) is 47.1 Å². The maximum Gasteiger partial charge on any atom is 0.212 e. The summed E-state index contributed by atoms with van der Waals surface area (Å²) in [6.07, 6.45) is 3.18. The summed E-state index contributed by atoms with van der Waals surface area (Å²) in [5, 5.41) is 0. The Bertz CT molecular complexity index is 458. The second-order valence-corrected chi connectivity index (χ2v) is 4.29. The maximum atomic E-state index is 12.0. The van der Waals surface area contributed by atoms with Gasteiger partial charge in [0, 0.05) is 28.1 Å². The number of pyridine rings is 2. The molecular weight excluding hydrogens is 268 g/mol. The van der Waals surface area contributed by atoms with Gasteiger partial charge < -0.3 is 0 Å². The van der Waals surface area contributed by atoms with Gasteiger partial charge in [-0.15, -0.1) is 0 Å². The van der Waals surface area contributed by atoms with Gasteiger partial charge in [0.15, 0.2) is 0 Å². The van der Waals surface area contributed by atoms with Gasteiger partial charge in [-0.2, -0.15) is 0 Å². The Balaban J connectivity index is 2.32. The number of carbonyl (C=O) groups excluding carboxylic acids is 1. The predicted octanol–water partition coefficient (Wildman–Crippen LogP) is 2.78. The average molecular weight is 277 g/mol. The molecule has 0 bridgehead atoms. The molecule has 4 heteroatoms. The van der Waals surface area contributed by atoms with Crippen LogP contribution in [0, 0.1) is 6.92 Å². The highest BCUT2D eigenvalue weighted by Gasteiger charge is 2.10. The van der Waals surface area contributed by atoms with E-state index in [2.05, 4.69) is 25.9 Å². The lowest BCUT2D eigenvalue weighted by atomic mass is 10.1. The fourth-order valence-corrected chi connectivity index (χ4v) is 1.49. The van der Waals surface area contributed by atoms with E-state index in [0.29, 0.717) is 11.3 Å². The molecule has 2 heterocycles. The maximum absolute atomic E-state index is 12.0. The minimum absolute atomic E-state index is 0.111. The van der Waals surface area contributed by atoms with Crippen molar-refractivity contribution in [2.45, 2.75) is 6.92 Å². The van der Waals surface area contributed by atoms with E-state index >= 15 is 0 Å². The van der Waals surface area contributed by atoms with Crippen LogP contribution in [0.15, 0.2) is 41.1 Å². The highest BCUT2D eigenvalue weighted by atomic mass is 79.9. The highest BCUT2D eigenvalue weighted by molar-refractivity contribution is 9.10. The van der Waals surface area contributed by atoms with E-state index in [1.54, 1.807) is 30.6 Å². The Morgan fingerprint density at radius 2 is 1.94 bits per heavy atom. The molecule has 0 amide bonds. The van der Waals surface area contributed by atoms with Crippen LogP contribution in [-0.2, 0) is 0 Å². The van der Waals surface area contributed by atoms with Gasteiger partial charge in [-0.3, -0.25) is 14.8 Å². The monoisotopic (exact) mass is 276 g/mol. The standard InChI is InChI=1S/C12H9BrN2O/c1-8-2-3-9(6-14-8)12(16)11-5-4-10(13)7-15-11/h2-7H,1H3. The summed E-state index contributed by atoms with van der Waals surface area (Å²) < 4.78 is 0.853. The summed E-state index contributed by atoms with van der Waals surface area (Å²) in [6.45, 7) is 1.88. The van der Waals surface area contributed by atoms with Crippen molar-refractivity contribution >= 4 is 21.7 Å². The summed E-state index contributed by atoms with van der Waals surface area (Å²) in [6, 6.07) is 7.05. The van der Waals surface area contributed by atoms with E-state index < -0.39 is 0 Å². The van der Waals surface area contributed by atoms with Crippen LogP contribution in [-0.4, -0.2) is 15.8 Å². The lowest BCUT2D eigenvalue weighted by Gasteiger charge is -2.00. The molecule has 0 unspecified atom stereocenters. The van der Waals surface area contributed by atoms with Crippen molar-refractivity contribution in [2.24, 2.45) is 0 Å². The van der Waals surface area contributed by atoms with Crippen molar-refractivity contribution in [3.8, 4) is 0 Å². The molecule has 0 aliphatic heterocycles. The second-order valence-electron chi connectivity index (χ2n) is 3.38. The minimum atomic E-state index is -0.111. The van der Waals surface area contributed by atoms with Crippen molar-refractivity contribution in [1.29, 1.82) is 0 Å². The summed E-state index contributed by atoms with van der Waals surface area (Å²) in [5.74, 6) is -0.111. The molecule has 80 valence electrons. The molecule has 0 aliphatic carbocycles. The number of nitrogens with zero attached hydrogens (tertiary/aromatic N) is 2. The van der Waals surface area contributed by atoms with Crippen LogP contribution in [0.1, 0.15) is 21.7 Å². The van der Waals surface area contributed by atoms with Gasteiger partial charge >= 0.3 is 0 Å². The molecule has 2 aromatic heterocycles. The van der Waals surface area contributed by atoms with Gasteiger partial charge in [0.1, 0.15) is 5.69 Å². The van der Waals surface area contributed by atoms with Gasteiger partial charge in [-0.1, -0.05) is 0 Å². The number of hydrogen-bond acceptors (Lipinski definition) is 3. The van der Waals surface area contributed by atoms with E-state index in [1.807, 2.05) is 13.0 Å². The third kappa shape index (κ3) is 2.33. The molecule has 16 heavy (non-hydrogen) atoms. The lowest BCUT2D eigenvalue weighted by Crippen LogP contribution is -2.04. The van der Waals surface area contributed by atoms with Crippen LogP contribution >= 0.6 is 15.9 Å². The molecule has 0 saturated heterocycles. The first kappa shape index (κ1) is 11.0. The zero-order valence-electron chi connectivity index (χ0n) is 8.64. The topological polar surface area (TPSA) is 42.9 Å². The van der Waals surface area contributed by atoms with Gasteiger partial charge in [0.2, 0.25) is 5.78 Å². The number of aromatic nitrogens is 2. The molecule has 0 aromatic carbocycles. The molecule has 0 aliphatic rings. The summed E-state index contributed by atoms with van der Waals surface area (Å²) in [7, 11) is 0. The van der Waals surface area contributed by atoms with Crippen molar-refractivity contribution in [1.82, 2.24) is 9.97 Å². The largest absolute Gasteiger partial charge is 0.287 e. The molecule has 2 rings (SSSR count).